The molecule has 0 unspecified atom stereocenters. The zero-order valence-electron chi connectivity index (χ0n) is 29.2. The summed E-state index contributed by atoms with van der Waals surface area (Å²) in [5.41, 5.74) is 3.09. The minimum absolute atomic E-state index is 0.0119. The molecule has 0 fully saturated rings. The number of nitrogens with zero attached hydrogens (tertiary/aromatic N) is 7. The third kappa shape index (κ3) is 9.20. The molecule has 1 amide bonds. The van der Waals surface area contributed by atoms with Crippen LogP contribution in [0.5, 0.6) is 0 Å². The number of aromatic nitrogens is 1. The van der Waals surface area contributed by atoms with Crippen molar-refractivity contribution >= 4 is 88.1 Å². The second kappa shape index (κ2) is 16.7. The lowest BCUT2D eigenvalue weighted by molar-refractivity contribution is -0.105. The predicted octanol–water partition coefficient (Wildman–Crippen LogP) is 9.24. The lowest BCUT2D eigenvalue weighted by Crippen LogP contribution is -2.05. The molecule has 0 aliphatic carbocycles. The highest BCUT2D eigenvalue weighted by molar-refractivity contribution is 7.86. The Morgan fingerprint density at radius 3 is 1.72 bits per heavy atom. The minimum Gasteiger partial charge on any atom is -0.339 e. The number of azo groups is 2. The van der Waals surface area contributed by atoms with E-state index >= 15 is 0 Å². The van der Waals surface area contributed by atoms with Crippen LogP contribution in [0.25, 0.3) is 11.1 Å². The fourth-order valence-corrected chi connectivity index (χ4v) is 7.12. The summed E-state index contributed by atoms with van der Waals surface area (Å²) in [6, 6.07) is 29.9. The van der Waals surface area contributed by atoms with Gasteiger partial charge in [-0.2, -0.15) is 27.4 Å². The standard InChI is InChI=1S/C37H26N10O7S3/c1-22-30(19-38)34(41-25-11-15-28(16-12-25)56(49,50)51)43-35(42-26-13-17-29(18-14-26)57(52,53)54)33(22)45-46-36-31(20-39)32(23-7-9-24(10-8-23)40-21-48)37(55-36)47-44-27-5-3-2-4-6-27/h2-18,21H,1H3,(H,40,48)(H2,41,42,43)(H,49,50,51)(H,52,53,54). The Labute approximate surface area is 329 Å². The van der Waals surface area contributed by atoms with Crippen LogP contribution in [0.3, 0.4) is 0 Å². The Hall–Kier alpha value is -7.20. The van der Waals surface area contributed by atoms with Crippen molar-refractivity contribution in [3.8, 4) is 23.3 Å². The predicted molar refractivity (Wildman–Crippen MR) is 212 cm³/mol. The maximum Gasteiger partial charge on any atom is 0.294 e. The van der Waals surface area contributed by atoms with E-state index in [0.29, 0.717) is 45.3 Å². The van der Waals surface area contributed by atoms with E-state index in [1.807, 2.05) is 6.07 Å². The van der Waals surface area contributed by atoms with Crippen LogP contribution in [-0.4, -0.2) is 37.3 Å². The number of thiophene rings is 1. The molecule has 2 aromatic heterocycles. The first kappa shape index (κ1) is 39.5. The first-order valence-electron chi connectivity index (χ1n) is 16.2. The minimum atomic E-state index is -4.50. The Kier molecular flexibility index (Phi) is 11.5. The van der Waals surface area contributed by atoms with Gasteiger partial charge in [0.1, 0.15) is 28.4 Å². The summed E-state index contributed by atoms with van der Waals surface area (Å²) in [7, 11) is -8.96. The fraction of sp³-hybridized carbons (Fsp3) is 0.0270. The van der Waals surface area contributed by atoms with Crippen LogP contribution in [0.15, 0.2) is 133 Å². The maximum atomic E-state index is 11.7. The van der Waals surface area contributed by atoms with Gasteiger partial charge in [0.2, 0.25) is 6.41 Å². The number of hydrogen-bond acceptors (Lipinski definition) is 15. The summed E-state index contributed by atoms with van der Waals surface area (Å²) in [6.45, 7) is 1.58. The maximum absolute atomic E-state index is 11.7. The van der Waals surface area contributed by atoms with Crippen molar-refractivity contribution in [2.45, 2.75) is 16.7 Å². The monoisotopic (exact) mass is 818 g/mol. The first-order chi connectivity index (χ1) is 27.3. The van der Waals surface area contributed by atoms with E-state index < -0.39 is 20.2 Å². The molecule has 0 spiro atoms. The van der Waals surface area contributed by atoms with Crippen molar-refractivity contribution < 1.29 is 30.7 Å². The smallest absolute Gasteiger partial charge is 0.294 e. The molecule has 0 saturated carbocycles. The summed E-state index contributed by atoms with van der Waals surface area (Å²) < 4.78 is 65.3. The molecule has 6 aromatic rings. The molecule has 0 atom stereocenters. The molecular formula is C37H26N10O7S3. The Morgan fingerprint density at radius 2 is 1.19 bits per heavy atom. The van der Waals surface area contributed by atoms with E-state index in [1.165, 1.54) is 24.3 Å². The van der Waals surface area contributed by atoms with Crippen LogP contribution in [0.4, 0.5) is 50.1 Å². The van der Waals surface area contributed by atoms with Crippen LogP contribution in [0.1, 0.15) is 16.7 Å². The van der Waals surface area contributed by atoms with Gasteiger partial charge in [0.05, 0.1) is 21.0 Å². The van der Waals surface area contributed by atoms with E-state index in [0.717, 1.165) is 35.6 Å². The molecule has 57 heavy (non-hydrogen) atoms. The highest BCUT2D eigenvalue weighted by atomic mass is 32.2. The summed E-state index contributed by atoms with van der Waals surface area (Å²) in [5.74, 6) is 0.0299. The number of pyridine rings is 1. The highest BCUT2D eigenvalue weighted by Crippen LogP contribution is 2.48. The average molecular weight is 819 g/mol. The quantitative estimate of drug-likeness (QED) is 0.0414. The van der Waals surface area contributed by atoms with Gasteiger partial charge in [-0.1, -0.05) is 41.7 Å². The molecular weight excluding hydrogens is 793 g/mol. The number of rotatable bonds is 13. The summed E-state index contributed by atoms with van der Waals surface area (Å²) in [4.78, 5) is 14.9. The van der Waals surface area contributed by atoms with E-state index in [1.54, 1.807) is 55.5 Å². The van der Waals surface area contributed by atoms with E-state index in [4.69, 9.17) is 0 Å². The van der Waals surface area contributed by atoms with Gasteiger partial charge in [0, 0.05) is 28.2 Å². The SMILES string of the molecule is Cc1c(C#N)c(Nc2ccc(S(=O)(=O)O)cc2)nc(Nc2ccc(S(=O)(=O)O)cc2)c1N=Nc1sc(N=Nc2ccccc2)c(-c2ccc(NC=O)cc2)c1C#N. The molecule has 20 heteroatoms. The molecule has 0 aliphatic rings. The molecule has 4 aromatic carbocycles. The van der Waals surface area contributed by atoms with Gasteiger partial charge < -0.3 is 16.0 Å². The molecule has 0 saturated heterocycles. The van der Waals surface area contributed by atoms with Crippen LogP contribution < -0.4 is 16.0 Å². The number of carbonyl (C=O) groups is 1. The molecule has 2 heterocycles. The third-order valence-electron chi connectivity index (χ3n) is 7.99. The summed E-state index contributed by atoms with van der Waals surface area (Å²) in [6.07, 6.45) is 0.539. The van der Waals surface area contributed by atoms with Crippen molar-refractivity contribution in [2.75, 3.05) is 16.0 Å². The van der Waals surface area contributed by atoms with Gasteiger partial charge in [0.25, 0.3) is 20.2 Å². The zero-order chi connectivity index (χ0) is 40.7. The zero-order valence-corrected chi connectivity index (χ0v) is 31.6. The number of hydrogen-bond donors (Lipinski definition) is 5. The molecule has 0 aliphatic heterocycles. The molecule has 17 nitrogen and oxygen atoms in total. The van der Waals surface area contributed by atoms with E-state index in [9.17, 15) is 41.3 Å². The number of benzene rings is 4. The van der Waals surface area contributed by atoms with Crippen LogP contribution in [0, 0.1) is 29.6 Å². The Morgan fingerprint density at radius 1 is 0.667 bits per heavy atom. The number of carbonyl (C=O) groups excluding carboxylic acids is 1. The first-order valence-corrected chi connectivity index (χ1v) is 19.9. The van der Waals surface area contributed by atoms with Crippen molar-refractivity contribution in [1.29, 1.82) is 10.5 Å². The number of amides is 1. The normalized spacial score (nSPS) is 11.6. The topological polar surface area (TPSA) is 272 Å². The molecule has 0 bridgehead atoms. The van der Waals surface area contributed by atoms with Crippen LogP contribution >= 0.6 is 11.3 Å². The van der Waals surface area contributed by atoms with Gasteiger partial charge in [-0.05, 0) is 85.3 Å². The Bertz CT molecular complexity index is 2850. The molecule has 6 rings (SSSR count). The fourth-order valence-electron chi connectivity index (χ4n) is 5.24. The van der Waals surface area contributed by atoms with Crippen LogP contribution in [0.2, 0.25) is 0 Å². The van der Waals surface area contributed by atoms with Gasteiger partial charge >= 0.3 is 0 Å². The van der Waals surface area contributed by atoms with Crippen molar-refractivity contribution in [1.82, 2.24) is 4.98 Å². The third-order valence-corrected chi connectivity index (χ3v) is 10.7. The summed E-state index contributed by atoms with van der Waals surface area (Å²) >= 11 is 1.02. The van der Waals surface area contributed by atoms with Gasteiger partial charge in [0.15, 0.2) is 16.6 Å². The lowest BCUT2D eigenvalue weighted by Gasteiger charge is -2.16. The number of anilines is 5. The van der Waals surface area contributed by atoms with Crippen LogP contribution in [-0.2, 0) is 25.0 Å². The van der Waals surface area contributed by atoms with E-state index in [2.05, 4.69) is 53.5 Å². The summed E-state index contributed by atoms with van der Waals surface area (Å²) in [5, 5.41) is 47.4. The Balaban J connectivity index is 1.48. The van der Waals surface area contributed by atoms with E-state index in [-0.39, 0.29) is 48.8 Å². The molecule has 284 valence electrons. The van der Waals surface area contributed by atoms with Crippen molar-refractivity contribution in [3.05, 3.63) is 120 Å². The van der Waals surface area contributed by atoms with Gasteiger partial charge in [-0.15, -0.1) is 20.5 Å². The highest BCUT2D eigenvalue weighted by Gasteiger charge is 2.23. The number of nitriles is 2. The average Bonchev–Trinajstić information content (AvgIpc) is 3.54. The molecule has 0 radical (unpaired) electrons. The lowest BCUT2D eigenvalue weighted by atomic mass is 10.0. The van der Waals surface area contributed by atoms with Gasteiger partial charge in [-0.3, -0.25) is 13.9 Å². The van der Waals surface area contributed by atoms with Crippen molar-refractivity contribution in [3.63, 3.8) is 0 Å². The van der Waals surface area contributed by atoms with Gasteiger partial charge in [-0.25, -0.2) is 4.98 Å². The second-order valence-electron chi connectivity index (χ2n) is 11.7. The largest absolute Gasteiger partial charge is 0.339 e. The number of nitrogens with one attached hydrogen (secondary N) is 3. The van der Waals surface area contributed by atoms with Crippen molar-refractivity contribution in [2.24, 2.45) is 20.5 Å². The second-order valence-corrected chi connectivity index (χ2v) is 15.5. The molecule has 5 N–H and O–H groups in total.